The third-order valence-electron chi connectivity index (χ3n) is 4.81. The van der Waals surface area contributed by atoms with Gasteiger partial charge in [-0.05, 0) is 35.4 Å². The van der Waals surface area contributed by atoms with Gasteiger partial charge < -0.3 is 5.32 Å². The van der Waals surface area contributed by atoms with Crippen LogP contribution in [0.15, 0.2) is 41.2 Å². The zero-order valence-electron chi connectivity index (χ0n) is 15.4. The number of benzene rings is 1. The molecular formula is C20H26N4O2. The molecule has 0 bridgehead atoms. The van der Waals surface area contributed by atoms with Crippen molar-refractivity contribution in [3.63, 3.8) is 0 Å². The Hall–Kier alpha value is -2.47. The van der Waals surface area contributed by atoms with Crippen molar-refractivity contribution in [2.45, 2.75) is 33.4 Å². The minimum absolute atomic E-state index is 0.209. The smallest absolute Gasteiger partial charge is 0.271 e. The molecule has 138 valence electrons. The van der Waals surface area contributed by atoms with Gasteiger partial charge in [0.1, 0.15) is 5.69 Å². The molecule has 2 atom stereocenters. The lowest BCUT2D eigenvalue weighted by Crippen LogP contribution is -2.38. The van der Waals surface area contributed by atoms with Crippen molar-refractivity contribution in [1.82, 2.24) is 20.4 Å². The predicted octanol–water partition coefficient (Wildman–Crippen LogP) is 2.18. The molecule has 0 radical (unpaired) electrons. The minimum Gasteiger partial charge on any atom is -0.347 e. The van der Waals surface area contributed by atoms with Crippen molar-refractivity contribution < 1.29 is 4.79 Å². The topological polar surface area (TPSA) is 78.1 Å². The van der Waals surface area contributed by atoms with E-state index in [1.165, 1.54) is 24.1 Å². The molecule has 26 heavy (non-hydrogen) atoms. The van der Waals surface area contributed by atoms with Crippen molar-refractivity contribution in [2.24, 2.45) is 11.8 Å². The average Bonchev–Trinajstić information content (AvgIpc) is 2.60. The fourth-order valence-electron chi connectivity index (χ4n) is 3.78. The maximum Gasteiger partial charge on any atom is 0.271 e. The molecular weight excluding hydrogens is 328 g/mol. The number of carbonyl (C=O) groups is 1. The molecule has 1 amide bonds. The number of H-pyrrole nitrogens is 1. The molecule has 1 aliphatic heterocycles. The Balaban J connectivity index is 1.64. The summed E-state index contributed by atoms with van der Waals surface area (Å²) in [6.07, 6.45) is 1.29. The van der Waals surface area contributed by atoms with Crippen molar-refractivity contribution in [2.75, 3.05) is 13.1 Å². The Bertz CT molecular complexity index is 787. The normalized spacial score (nSPS) is 20.7. The summed E-state index contributed by atoms with van der Waals surface area (Å²) in [6, 6.07) is 10.9. The zero-order chi connectivity index (χ0) is 18.5. The second-order valence-corrected chi connectivity index (χ2v) is 7.40. The summed E-state index contributed by atoms with van der Waals surface area (Å²) in [4.78, 5) is 25.8. The molecule has 6 nitrogen and oxygen atoms in total. The van der Waals surface area contributed by atoms with Crippen LogP contribution in [-0.4, -0.2) is 34.1 Å². The highest BCUT2D eigenvalue weighted by Gasteiger charge is 2.22. The fraction of sp³-hybridized carbons (Fsp3) is 0.450. The van der Waals surface area contributed by atoms with Gasteiger partial charge in [-0.3, -0.25) is 14.5 Å². The van der Waals surface area contributed by atoms with E-state index >= 15 is 0 Å². The van der Waals surface area contributed by atoms with Crippen LogP contribution in [0, 0.1) is 11.8 Å². The number of aromatic nitrogens is 2. The number of hydrogen-bond acceptors (Lipinski definition) is 4. The van der Waals surface area contributed by atoms with E-state index in [0.717, 1.165) is 37.0 Å². The van der Waals surface area contributed by atoms with Crippen LogP contribution in [0.25, 0.3) is 0 Å². The molecule has 1 aliphatic rings. The van der Waals surface area contributed by atoms with Gasteiger partial charge in [0.25, 0.3) is 11.5 Å². The number of carbonyl (C=O) groups excluding carboxylic acids is 1. The maximum absolute atomic E-state index is 12.2. The molecule has 0 aliphatic carbocycles. The predicted molar refractivity (Wildman–Crippen MR) is 101 cm³/mol. The number of aromatic amines is 1. The van der Waals surface area contributed by atoms with Gasteiger partial charge in [0.2, 0.25) is 0 Å². The molecule has 3 rings (SSSR count). The molecule has 1 saturated heterocycles. The van der Waals surface area contributed by atoms with Crippen LogP contribution in [0.1, 0.15) is 41.9 Å². The molecule has 1 fully saturated rings. The molecule has 2 heterocycles. The summed E-state index contributed by atoms with van der Waals surface area (Å²) < 4.78 is 0. The van der Waals surface area contributed by atoms with Crippen LogP contribution in [-0.2, 0) is 13.1 Å². The molecule has 2 unspecified atom stereocenters. The molecule has 0 spiro atoms. The number of likely N-dealkylation sites (tertiary alicyclic amines) is 1. The molecule has 2 aromatic rings. The molecule has 2 N–H and O–H groups in total. The lowest BCUT2D eigenvalue weighted by atomic mass is 9.91. The molecule has 6 heteroatoms. The van der Waals surface area contributed by atoms with E-state index in [1.807, 2.05) is 18.2 Å². The van der Waals surface area contributed by atoms with E-state index in [4.69, 9.17) is 0 Å². The Kier molecular flexibility index (Phi) is 5.83. The van der Waals surface area contributed by atoms with E-state index in [9.17, 15) is 9.59 Å². The van der Waals surface area contributed by atoms with Gasteiger partial charge in [0, 0.05) is 32.2 Å². The molecule has 1 aromatic heterocycles. The van der Waals surface area contributed by atoms with Gasteiger partial charge in [-0.25, -0.2) is 5.10 Å². The summed E-state index contributed by atoms with van der Waals surface area (Å²) in [7, 11) is 0. The zero-order valence-corrected chi connectivity index (χ0v) is 15.4. The van der Waals surface area contributed by atoms with Gasteiger partial charge in [-0.2, -0.15) is 5.10 Å². The third-order valence-corrected chi connectivity index (χ3v) is 4.81. The SMILES string of the molecule is CC1CC(C)CN(Cc2ccccc2CNC(=O)c2ccc(=O)[nH]n2)C1. The Morgan fingerprint density at radius 2 is 1.85 bits per heavy atom. The number of nitrogens with zero attached hydrogens (tertiary/aromatic N) is 2. The molecule has 0 saturated carbocycles. The number of piperidine rings is 1. The summed E-state index contributed by atoms with van der Waals surface area (Å²) in [5.74, 6) is 1.14. The minimum atomic E-state index is -0.322. The van der Waals surface area contributed by atoms with E-state index in [0.29, 0.717) is 6.54 Å². The van der Waals surface area contributed by atoms with E-state index in [2.05, 4.69) is 40.3 Å². The Labute approximate surface area is 153 Å². The van der Waals surface area contributed by atoms with Gasteiger partial charge in [-0.1, -0.05) is 38.1 Å². The highest BCUT2D eigenvalue weighted by molar-refractivity contribution is 5.91. The number of nitrogens with one attached hydrogen (secondary N) is 2. The van der Waals surface area contributed by atoms with E-state index in [-0.39, 0.29) is 17.2 Å². The largest absolute Gasteiger partial charge is 0.347 e. The van der Waals surface area contributed by atoms with Crippen LogP contribution < -0.4 is 10.9 Å². The lowest BCUT2D eigenvalue weighted by molar-refractivity contribution is 0.0944. The lowest BCUT2D eigenvalue weighted by Gasteiger charge is -2.35. The van der Waals surface area contributed by atoms with Crippen LogP contribution in [0.2, 0.25) is 0 Å². The van der Waals surface area contributed by atoms with Crippen molar-refractivity contribution in [1.29, 1.82) is 0 Å². The monoisotopic (exact) mass is 354 g/mol. The van der Waals surface area contributed by atoms with Crippen molar-refractivity contribution in [3.05, 3.63) is 63.6 Å². The number of rotatable bonds is 5. The number of amides is 1. The Morgan fingerprint density at radius 3 is 2.50 bits per heavy atom. The second kappa shape index (κ2) is 8.27. The highest BCUT2D eigenvalue weighted by atomic mass is 16.2. The van der Waals surface area contributed by atoms with E-state index < -0.39 is 0 Å². The molecule has 1 aromatic carbocycles. The highest BCUT2D eigenvalue weighted by Crippen LogP contribution is 2.23. The maximum atomic E-state index is 12.2. The van der Waals surface area contributed by atoms with E-state index in [1.54, 1.807) is 0 Å². The standard InChI is InChI=1S/C20H26N4O2/c1-14-9-15(2)12-24(11-14)13-17-6-4-3-5-16(17)10-21-20(26)18-7-8-19(25)23-22-18/h3-8,14-15H,9-13H2,1-2H3,(H,21,26)(H,23,25). The first-order valence-corrected chi connectivity index (χ1v) is 9.14. The van der Waals surface area contributed by atoms with Crippen molar-refractivity contribution >= 4 is 5.91 Å². The van der Waals surface area contributed by atoms with Gasteiger partial charge in [0.05, 0.1) is 0 Å². The summed E-state index contributed by atoms with van der Waals surface area (Å²) in [5.41, 5.74) is 2.23. The van der Waals surface area contributed by atoms with Gasteiger partial charge in [0.15, 0.2) is 0 Å². The second-order valence-electron chi connectivity index (χ2n) is 7.40. The first kappa shape index (κ1) is 18.3. The quantitative estimate of drug-likeness (QED) is 0.863. The third kappa shape index (κ3) is 4.79. The van der Waals surface area contributed by atoms with Crippen LogP contribution >= 0.6 is 0 Å². The summed E-state index contributed by atoms with van der Waals surface area (Å²) in [5, 5.41) is 8.93. The van der Waals surface area contributed by atoms with Crippen LogP contribution in [0.5, 0.6) is 0 Å². The number of hydrogen-bond donors (Lipinski definition) is 2. The average molecular weight is 354 g/mol. The van der Waals surface area contributed by atoms with Crippen LogP contribution in [0.3, 0.4) is 0 Å². The van der Waals surface area contributed by atoms with Crippen LogP contribution in [0.4, 0.5) is 0 Å². The Morgan fingerprint density at radius 1 is 1.15 bits per heavy atom. The van der Waals surface area contributed by atoms with Crippen molar-refractivity contribution in [3.8, 4) is 0 Å². The summed E-state index contributed by atoms with van der Waals surface area (Å²) in [6.45, 7) is 8.20. The summed E-state index contributed by atoms with van der Waals surface area (Å²) >= 11 is 0. The fourth-order valence-corrected chi connectivity index (χ4v) is 3.78. The first-order valence-electron chi connectivity index (χ1n) is 9.14. The van der Waals surface area contributed by atoms with Gasteiger partial charge >= 0.3 is 0 Å². The first-order chi connectivity index (χ1) is 12.5. The van der Waals surface area contributed by atoms with Gasteiger partial charge in [-0.15, -0.1) is 0 Å².